The second-order valence-electron chi connectivity index (χ2n) is 10.8. The first-order chi connectivity index (χ1) is 24.3. The SMILES string of the molecule is O=C(C(C(=NNc1ccc(Cl)cc1)Nc1ccc(Br)cc1)c1ccco1)C(C(=NNc1ccc(Cl)cc1)Nc1ccc(Br)cc1)c1ccco1. The Kier molecular flexibility index (Phi) is 11.7. The minimum atomic E-state index is -1.07. The maximum atomic E-state index is 15.3. The fourth-order valence-electron chi connectivity index (χ4n) is 4.89. The summed E-state index contributed by atoms with van der Waals surface area (Å²) in [5.74, 6) is -1.28. The molecule has 50 heavy (non-hydrogen) atoms. The van der Waals surface area contributed by atoms with Crippen molar-refractivity contribution in [3.05, 3.63) is 164 Å². The van der Waals surface area contributed by atoms with Crippen LogP contribution in [0.25, 0.3) is 0 Å². The van der Waals surface area contributed by atoms with Crippen LogP contribution < -0.4 is 21.5 Å². The highest BCUT2D eigenvalue weighted by atomic mass is 79.9. The monoisotopic (exact) mass is 832 g/mol. The molecule has 0 amide bonds. The molecule has 6 aromatic rings. The first kappa shape index (κ1) is 35.0. The van der Waals surface area contributed by atoms with E-state index >= 15 is 4.79 Å². The van der Waals surface area contributed by atoms with Gasteiger partial charge < -0.3 is 19.5 Å². The number of benzene rings is 4. The number of rotatable bonds is 12. The van der Waals surface area contributed by atoms with Crippen LogP contribution in [0.3, 0.4) is 0 Å². The van der Waals surface area contributed by atoms with Crippen LogP contribution in [0.4, 0.5) is 22.7 Å². The van der Waals surface area contributed by atoms with E-state index in [1.54, 1.807) is 72.8 Å². The van der Waals surface area contributed by atoms with Crippen molar-refractivity contribution in [3.8, 4) is 0 Å². The minimum absolute atomic E-state index is 0.257. The number of nitrogens with zero attached hydrogens (tertiary/aromatic N) is 2. The number of carbonyl (C=O) groups is 1. The average Bonchev–Trinajstić information content (AvgIpc) is 3.85. The second kappa shape index (κ2) is 16.7. The molecule has 9 nitrogen and oxygen atoms in total. The van der Waals surface area contributed by atoms with Crippen LogP contribution in [0.5, 0.6) is 0 Å². The zero-order valence-electron chi connectivity index (χ0n) is 26.0. The Morgan fingerprint density at radius 1 is 0.540 bits per heavy atom. The van der Waals surface area contributed by atoms with Crippen molar-refractivity contribution < 1.29 is 13.6 Å². The summed E-state index contributed by atoms with van der Waals surface area (Å²) in [6.45, 7) is 0. The lowest BCUT2D eigenvalue weighted by Gasteiger charge is -2.24. The van der Waals surface area contributed by atoms with E-state index in [0.29, 0.717) is 44.3 Å². The van der Waals surface area contributed by atoms with Gasteiger partial charge in [-0.15, -0.1) is 0 Å². The topological polar surface area (TPSA) is 116 Å². The number of anilines is 4. The third-order valence-electron chi connectivity index (χ3n) is 7.30. The lowest BCUT2D eigenvalue weighted by atomic mass is 9.87. The molecule has 0 saturated heterocycles. The molecule has 0 aliphatic carbocycles. The van der Waals surface area contributed by atoms with Gasteiger partial charge in [-0.25, -0.2) is 0 Å². The Morgan fingerprint density at radius 2 is 0.900 bits per heavy atom. The lowest BCUT2D eigenvalue weighted by molar-refractivity contribution is -0.119. The van der Waals surface area contributed by atoms with Gasteiger partial charge in [0, 0.05) is 30.4 Å². The molecular weight excluding hydrogens is 807 g/mol. The van der Waals surface area contributed by atoms with E-state index in [1.165, 1.54) is 12.5 Å². The summed E-state index contributed by atoms with van der Waals surface area (Å²) >= 11 is 19.2. The number of carbonyl (C=O) groups excluding carboxylic acids is 1. The molecule has 0 saturated carbocycles. The number of amidine groups is 2. The summed E-state index contributed by atoms with van der Waals surface area (Å²) in [7, 11) is 0. The highest BCUT2D eigenvalue weighted by Gasteiger charge is 2.40. The minimum Gasteiger partial charge on any atom is -0.468 e. The number of ketones is 1. The molecule has 0 spiro atoms. The zero-order chi connectivity index (χ0) is 34.9. The van der Waals surface area contributed by atoms with E-state index in [9.17, 15) is 0 Å². The molecule has 0 radical (unpaired) electrons. The van der Waals surface area contributed by atoms with Gasteiger partial charge in [-0.1, -0.05) is 55.1 Å². The number of hydrazone groups is 2. The summed E-state index contributed by atoms with van der Waals surface area (Å²) in [4.78, 5) is 15.3. The molecule has 2 aromatic heterocycles. The maximum absolute atomic E-state index is 15.3. The van der Waals surface area contributed by atoms with E-state index in [0.717, 1.165) is 8.95 Å². The predicted octanol–water partition coefficient (Wildman–Crippen LogP) is 11.2. The van der Waals surface area contributed by atoms with E-state index in [4.69, 9.17) is 42.2 Å². The van der Waals surface area contributed by atoms with Crippen LogP contribution in [0.2, 0.25) is 10.0 Å². The third-order valence-corrected chi connectivity index (χ3v) is 8.87. The molecule has 0 bridgehead atoms. The fraction of sp³-hybridized carbons (Fsp3) is 0.0541. The van der Waals surface area contributed by atoms with Gasteiger partial charge in [0.05, 0.1) is 23.9 Å². The number of nitrogens with one attached hydrogen (secondary N) is 4. The summed E-state index contributed by atoms with van der Waals surface area (Å²) in [6.07, 6.45) is 3.02. The normalized spacial score (nSPS) is 13.0. The van der Waals surface area contributed by atoms with Crippen molar-refractivity contribution in [2.75, 3.05) is 21.5 Å². The van der Waals surface area contributed by atoms with Crippen LogP contribution in [0, 0.1) is 0 Å². The number of halogens is 4. The van der Waals surface area contributed by atoms with Gasteiger partial charge >= 0.3 is 0 Å². The highest BCUT2D eigenvalue weighted by molar-refractivity contribution is 9.10. The molecule has 0 aliphatic heterocycles. The van der Waals surface area contributed by atoms with Gasteiger partial charge in [0.25, 0.3) is 0 Å². The Bertz CT molecular complexity index is 1910. The average molecular weight is 835 g/mol. The summed E-state index contributed by atoms with van der Waals surface area (Å²) in [6, 6.07) is 36.0. The first-order valence-electron chi connectivity index (χ1n) is 15.2. The van der Waals surface area contributed by atoms with Crippen LogP contribution in [-0.4, -0.2) is 17.5 Å². The first-order valence-corrected chi connectivity index (χ1v) is 17.5. The van der Waals surface area contributed by atoms with Crippen LogP contribution in [0.15, 0.2) is 162 Å². The Morgan fingerprint density at radius 3 is 1.24 bits per heavy atom. The maximum Gasteiger partial charge on any atom is 0.169 e. The van der Waals surface area contributed by atoms with Crippen molar-refractivity contribution >= 4 is 95.3 Å². The van der Waals surface area contributed by atoms with Crippen LogP contribution in [-0.2, 0) is 4.79 Å². The van der Waals surface area contributed by atoms with Gasteiger partial charge in [0.2, 0.25) is 0 Å². The Labute approximate surface area is 315 Å². The van der Waals surface area contributed by atoms with Crippen LogP contribution >= 0.6 is 55.1 Å². The summed E-state index contributed by atoms with van der Waals surface area (Å²) in [5.41, 5.74) is 8.83. The molecule has 4 N–H and O–H groups in total. The molecule has 13 heteroatoms. The quantitative estimate of drug-likeness (QED) is 0.0551. The molecule has 2 atom stereocenters. The molecule has 4 aromatic carbocycles. The van der Waals surface area contributed by atoms with Crippen molar-refractivity contribution in [1.82, 2.24) is 0 Å². The second-order valence-corrected chi connectivity index (χ2v) is 13.5. The number of hydrogen-bond donors (Lipinski definition) is 4. The standard InChI is InChI=1S/C37H28Br2Cl2N6O3/c38-23-5-13-27(14-6-23)42-36(46-44-29-17-9-25(40)10-18-29)33(31-3-1-21-49-31)35(48)34(32-4-2-22-50-32)37(43-28-15-7-24(39)8-16-28)47-45-30-19-11-26(41)12-20-30/h1-22,33-34,44-45H,(H,42,46)(H,43,47). The molecule has 6 rings (SSSR count). The van der Waals surface area contributed by atoms with Gasteiger partial charge in [-0.05, 0) is 121 Å². The zero-order valence-corrected chi connectivity index (χ0v) is 30.7. The van der Waals surface area contributed by atoms with E-state index in [1.807, 2.05) is 48.5 Å². The fourth-order valence-corrected chi connectivity index (χ4v) is 5.67. The molecule has 252 valence electrons. The van der Waals surface area contributed by atoms with Gasteiger partial charge in [-0.3, -0.25) is 15.6 Å². The van der Waals surface area contributed by atoms with Crippen LogP contribution in [0.1, 0.15) is 23.4 Å². The summed E-state index contributed by atoms with van der Waals surface area (Å²) < 4.78 is 13.6. The van der Waals surface area contributed by atoms with Gasteiger partial charge in [-0.2, -0.15) is 10.2 Å². The molecule has 0 aliphatic rings. The van der Waals surface area contributed by atoms with Crippen molar-refractivity contribution in [2.24, 2.45) is 10.2 Å². The number of hydrogen-bond acceptors (Lipinski definition) is 7. The van der Waals surface area contributed by atoms with E-state index in [-0.39, 0.29) is 17.5 Å². The van der Waals surface area contributed by atoms with Gasteiger partial charge in [0.15, 0.2) is 5.78 Å². The number of Topliss-reactive ketones (excluding diaryl/α,β-unsaturated/α-hetero) is 1. The largest absolute Gasteiger partial charge is 0.468 e. The lowest BCUT2D eigenvalue weighted by Crippen LogP contribution is -2.37. The summed E-state index contributed by atoms with van der Waals surface area (Å²) in [5, 5.41) is 17.3. The highest BCUT2D eigenvalue weighted by Crippen LogP contribution is 2.32. The molecule has 2 heterocycles. The predicted molar refractivity (Wildman–Crippen MR) is 208 cm³/mol. The number of furan rings is 2. The third kappa shape index (κ3) is 9.25. The Balaban J connectivity index is 1.46. The smallest absolute Gasteiger partial charge is 0.169 e. The van der Waals surface area contributed by atoms with Crippen molar-refractivity contribution in [1.29, 1.82) is 0 Å². The Hall–Kier alpha value is -4.81. The van der Waals surface area contributed by atoms with Gasteiger partial charge in [0.1, 0.15) is 35.0 Å². The van der Waals surface area contributed by atoms with E-state index < -0.39 is 11.8 Å². The van der Waals surface area contributed by atoms with Crippen molar-refractivity contribution in [2.45, 2.75) is 11.8 Å². The van der Waals surface area contributed by atoms with Crippen molar-refractivity contribution in [3.63, 3.8) is 0 Å². The molecule has 0 fully saturated rings. The van der Waals surface area contributed by atoms with E-state index in [2.05, 4.69) is 53.3 Å². The molecular formula is C37H28Br2Cl2N6O3. The molecule has 2 unspecified atom stereocenters.